The second-order valence-electron chi connectivity index (χ2n) is 14.9. The fourth-order valence-electron chi connectivity index (χ4n) is 5.27. The lowest BCUT2D eigenvalue weighted by Crippen LogP contribution is -2.42. The second kappa shape index (κ2) is 15.6. The smallest absolute Gasteiger partial charge is 0.416 e. The minimum absolute atomic E-state index is 0.0167. The Bertz CT molecular complexity index is 2010. The summed E-state index contributed by atoms with van der Waals surface area (Å²) in [6.45, 7) is 13.0. The van der Waals surface area contributed by atoms with E-state index in [1.807, 2.05) is 13.8 Å². The molecule has 17 heteroatoms. The quantitative estimate of drug-likeness (QED) is 0.245. The Morgan fingerprint density at radius 1 is 0.630 bits per heavy atom. The summed E-state index contributed by atoms with van der Waals surface area (Å²) in [6.07, 6.45) is -1.48. The summed E-state index contributed by atoms with van der Waals surface area (Å²) in [5.41, 5.74) is 0.421. The monoisotopic (exact) mass is 783 g/mol. The van der Waals surface area contributed by atoms with Crippen molar-refractivity contribution in [3.05, 3.63) is 89.2 Å². The molecule has 0 saturated carbocycles. The number of aliphatic imine (C=N–C) groups is 2. The van der Waals surface area contributed by atoms with Crippen molar-refractivity contribution in [2.24, 2.45) is 9.98 Å². The van der Waals surface area contributed by atoms with Crippen LogP contribution >= 0.6 is 0 Å². The third-order valence-electron chi connectivity index (χ3n) is 7.79. The molecule has 1 aromatic heterocycles. The van der Waals surface area contributed by atoms with Gasteiger partial charge in [0.15, 0.2) is 11.7 Å². The highest BCUT2D eigenvalue weighted by Gasteiger charge is 2.38. The van der Waals surface area contributed by atoms with E-state index in [4.69, 9.17) is 22.8 Å². The summed E-state index contributed by atoms with van der Waals surface area (Å²) in [5, 5.41) is 0. The van der Waals surface area contributed by atoms with Crippen molar-refractivity contribution in [1.82, 2.24) is 14.8 Å². The van der Waals surface area contributed by atoms with Gasteiger partial charge in [-0.1, -0.05) is 41.5 Å². The normalized spacial score (nSPS) is 18.0. The first-order valence-corrected chi connectivity index (χ1v) is 20.0. The van der Waals surface area contributed by atoms with Gasteiger partial charge < -0.3 is 9.47 Å². The predicted molar refractivity (Wildman–Crippen MR) is 199 cm³/mol. The first-order valence-electron chi connectivity index (χ1n) is 17.2. The Kier molecular flexibility index (Phi) is 11.7. The number of pyridine rings is 1. The van der Waals surface area contributed by atoms with E-state index < -0.39 is 55.7 Å². The zero-order valence-corrected chi connectivity index (χ0v) is 33.1. The Morgan fingerprint density at radius 2 is 0.981 bits per heavy atom. The summed E-state index contributed by atoms with van der Waals surface area (Å²) in [4.78, 5) is 43.4. The molecule has 0 fully saturated rings. The van der Waals surface area contributed by atoms with Crippen LogP contribution in [0.25, 0.3) is 0 Å². The highest BCUT2D eigenvalue weighted by atomic mass is 32.2. The molecule has 2 aliphatic heterocycles. The van der Waals surface area contributed by atoms with Crippen LogP contribution in [0.4, 0.5) is 9.59 Å². The molecule has 2 atom stereocenters. The highest BCUT2D eigenvalue weighted by Crippen LogP contribution is 2.24. The Balaban J connectivity index is 1.44. The van der Waals surface area contributed by atoms with Gasteiger partial charge in [-0.3, -0.25) is 28.2 Å². The number of carbonyl (C=O) groups excluding carboxylic acids is 2. The lowest BCUT2D eigenvalue weighted by molar-refractivity contribution is 0.0363. The number of aryl methyl sites for hydroxylation is 2. The number of ether oxygens (including phenoxy) is 2. The first-order chi connectivity index (χ1) is 25.1. The summed E-state index contributed by atoms with van der Waals surface area (Å²) in [6, 6.07) is 15.6. The van der Waals surface area contributed by atoms with Crippen LogP contribution in [0.15, 0.2) is 86.5 Å². The van der Waals surface area contributed by atoms with Crippen LogP contribution in [0, 0.1) is 13.8 Å². The van der Waals surface area contributed by atoms with E-state index in [0.717, 1.165) is 11.1 Å². The Labute approximate surface area is 316 Å². The third-order valence-corrected chi connectivity index (χ3v) is 10.4. The maximum atomic E-state index is 13.5. The molecular formula is C37H45N5O10S2. The number of aromatic nitrogens is 1. The molecule has 0 aliphatic carbocycles. The van der Waals surface area contributed by atoms with Crippen molar-refractivity contribution in [1.29, 1.82) is 0 Å². The van der Waals surface area contributed by atoms with E-state index >= 15 is 0 Å². The first kappa shape index (κ1) is 40.5. The van der Waals surface area contributed by atoms with E-state index in [-0.39, 0.29) is 59.2 Å². The molecule has 3 aromatic rings. The second-order valence-corrected chi connectivity index (χ2v) is 18.1. The highest BCUT2D eigenvalue weighted by molar-refractivity contribution is 7.87. The number of hydrogen-bond donors (Lipinski definition) is 0. The largest absolute Gasteiger partial charge is 0.443 e. The molecule has 0 bridgehead atoms. The number of benzene rings is 2. The van der Waals surface area contributed by atoms with Crippen molar-refractivity contribution in [3.8, 4) is 0 Å². The van der Waals surface area contributed by atoms with Gasteiger partial charge in [0.25, 0.3) is 20.2 Å². The maximum Gasteiger partial charge on any atom is 0.416 e. The lowest BCUT2D eigenvalue weighted by Gasteiger charge is -2.26. The average molecular weight is 784 g/mol. The maximum absolute atomic E-state index is 13.5. The zero-order valence-electron chi connectivity index (χ0n) is 31.5. The van der Waals surface area contributed by atoms with Crippen LogP contribution in [-0.2, 0) is 38.1 Å². The Hall–Kier alpha value is -4.71. The van der Waals surface area contributed by atoms with E-state index in [0.29, 0.717) is 0 Å². The molecule has 2 aliphatic rings. The van der Waals surface area contributed by atoms with Gasteiger partial charge in [-0.25, -0.2) is 14.6 Å². The SMILES string of the molecule is Cc1ccc(S(=O)(=O)OC[C@H]2CN(C(=O)OC(C)(C)C)C(c3cccc(C4=N[C@@H](COS(=O)(=O)c5ccc(C)cc5)CN4C(=O)OC(C)(C)C)n3)=N2)cc1. The number of amidine groups is 2. The van der Waals surface area contributed by atoms with Gasteiger partial charge in [0.2, 0.25) is 0 Å². The van der Waals surface area contributed by atoms with E-state index in [1.165, 1.54) is 34.1 Å². The molecular weight excluding hydrogens is 739 g/mol. The third kappa shape index (κ3) is 10.3. The number of carbonyl (C=O) groups is 2. The molecule has 3 heterocycles. The van der Waals surface area contributed by atoms with Gasteiger partial charge in [0, 0.05) is 0 Å². The standard InChI is InChI=1S/C37H45N5O10S2/c1-24-12-16-28(17-13-24)53(45,46)49-22-26-20-41(34(43)51-36(3,4)5)32(38-26)30-10-9-11-31(40-30)33-39-27(21-42(33)35(44)52-37(6,7)8)23-50-54(47,48)29-18-14-25(2)15-19-29/h9-19,26-27H,20-23H2,1-8H3/t26-,27-/m1/s1. The number of hydrogen-bond acceptors (Lipinski definition) is 13. The van der Waals surface area contributed by atoms with Gasteiger partial charge >= 0.3 is 12.2 Å². The molecule has 54 heavy (non-hydrogen) atoms. The van der Waals surface area contributed by atoms with Gasteiger partial charge in [0.1, 0.15) is 22.6 Å². The number of nitrogens with zero attached hydrogens (tertiary/aromatic N) is 5. The Morgan fingerprint density at radius 3 is 1.31 bits per heavy atom. The van der Waals surface area contributed by atoms with Crippen LogP contribution in [0.2, 0.25) is 0 Å². The average Bonchev–Trinajstić information content (AvgIpc) is 3.71. The molecule has 0 N–H and O–H groups in total. The summed E-state index contributed by atoms with van der Waals surface area (Å²) < 4.78 is 73.8. The summed E-state index contributed by atoms with van der Waals surface area (Å²) >= 11 is 0. The van der Waals surface area contributed by atoms with Gasteiger partial charge in [-0.15, -0.1) is 0 Å². The van der Waals surface area contributed by atoms with Crippen molar-refractivity contribution >= 4 is 44.1 Å². The van der Waals surface area contributed by atoms with Crippen LogP contribution in [-0.4, -0.2) is 105 Å². The summed E-state index contributed by atoms with van der Waals surface area (Å²) in [5.74, 6) is 0.165. The molecule has 2 amide bonds. The number of rotatable bonds is 10. The van der Waals surface area contributed by atoms with Crippen molar-refractivity contribution in [2.75, 3.05) is 26.3 Å². The zero-order chi connectivity index (χ0) is 39.6. The van der Waals surface area contributed by atoms with Crippen LogP contribution in [0.3, 0.4) is 0 Å². The summed E-state index contributed by atoms with van der Waals surface area (Å²) in [7, 11) is -8.26. The van der Waals surface area contributed by atoms with Crippen LogP contribution < -0.4 is 0 Å². The van der Waals surface area contributed by atoms with Gasteiger partial charge in [0.05, 0.1) is 48.2 Å². The molecule has 15 nitrogen and oxygen atoms in total. The minimum Gasteiger partial charge on any atom is -0.443 e. The van der Waals surface area contributed by atoms with E-state index in [2.05, 4.69) is 9.98 Å². The van der Waals surface area contributed by atoms with E-state index in [1.54, 1.807) is 84.0 Å². The molecule has 0 saturated heterocycles. The van der Waals surface area contributed by atoms with Crippen LogP contribution in [0.5, 0.6) is 0 Å². The molecule has 290 valence electrons. The molecule has 0 radical (unpaired) electrons. The molecule has 0 unspecified atom stereocenters. The number of amides is 2. The predicted octanol–water partition coefficient (Wildman–Crippen LogP) is 5.24. The van der Waals surface area contributed by atoms with Crippen molar-refractivity contribution in [3.63, 3.8) is 0 Å². The van der Waals surface area contributed by atoms with Crippen LogP contribution in [0.1, 0.15) is 64.1 Å². The fourth-order valence-corrected chi connectivity index (χ4v) is 7.16. The molecule has 2 aromatic carbocycles. The van der Waals surface area contributed by atoms with Gasteiger partial charge in [-0.05, 0) is 91.8 Å². The minimum atomic E-state index is -4.13. The van der Waals surface area contributed by atoms with Crippen molar-refractivity contribution < 1.29 is 44.3 Å². The van der Waals surface area contributed by atoms with Gasteiger partial charge in [-0.2, -0.15) is 16.8 Å². The molecule has 5 rings (SSSR count). The topological polar surface area (TPSA) is 183 Å². The molecule has 0 spiro atoms. The van der Waals surface area contributed by atoms with Crippen molar-refractivity contribution in [2.45, 2.75) is 88.5 Å². The lowest BCUT2D eigenvalue weighted by atomic mass is 10.2. The fraction of sp³-hybridized carbons (Fsp3) is 0.432. The van der Waals surface area contributed by atoms with E-state index in [9.17, 15) is 26.4 Å².